The maximum atomic E-state index is 5.64. The standard InChI is InChI=1S/C7H5Cl2.2BrH.Mg/c1-5-2-3-6(8)7(9)4-5;;;/h2-4H,1H2;2*1H;/q;;;+2/p-2. The van der Waals surface area contributed by atoms with Crippen LogP contribution in [0.4, 0.5) is 0 Å². The topological polar surface area (TPSA) is 0 Å². The molecule has 0 aliphatic heterocycles. The Morgan fingerprint density at radius 1 is 1.17 bits per heavy atom. The van der Waals surface area contributed by atoms with Crippen LogP contribution in [0.25, 0.3) is 0 Å². The van der Waals surface area contributed by atoms with Gasteiger partial charge >= 0.3 is 16.0 Å². The van der Waals surface area contributed by atoms with Gasteiger partial charge in [0.25, 0.3) is 0 Å². The highest BCUT2D eigenvalue weighted by molar-refractivity contribution is 9.47. The van der Waals surface area contributed by atoms with Crippen LogP contribution in [0.5, 0.6) is 0 Å². The van der Waals surface area contributed by atoms with Crippen LogP contribution < -0.4 is 0 Å². The summed E-state index contributed by atoms with van der Waals surface area (Å²) in [6.07, 6.45) is 0. The molecule has 5 heteroatoms. The first-order valence-electron chi connectivity index (χ1n) is 3.00. The molecule has 1 rings (SSSR count). The number of rotatable bonds is 0. The molecule has 0 aliphatic rings. The first-order valence-corrected chi connectivity index (χ1v) is 11.6. The minimum absolute atomic E-state index is 0.0417. The van der Waals surface area contributed by atoms with E-state index in [1.165, 1.54) is 0 Å². The maximum Gasteiger partial charge on any atom is 0.560 e. The van der Waals surface area contributed by atoms with E-state index in [-0.39, 0.29) is 16.0 Å². The highest BCUT2D eigenvalue weighted by atomic mass is 79.9. The lowest BCUT2D eigenvalue weighted by Gasteiger charge is -1.94. The van der Waals surface area contributed by atoms with Gasteiger partial charge in [0.15, 0.2) is 0 Å². The third-order valence-electron chi connectivity index (χ3n) is 0.984. The first-order chi connectivity index (χ1) is 5.61. The van der Waals surface area contributed by atoms with E-state index in [1.54, 1.807) is 12.1 Å². The molecule has 63 valence electrons. The highest BCUT2D eigenvalue weighted by Crippen LogP contribution is 2.21. The summed E-state index contributed by atoms with van der Waals surface area (Å²) in [7, 11) is 0. The number of hydrogen-bond acceptors (Lipinski definition) is 0. The fourth-order valence-corrected chi connectivity index (χ4v) is 0.860. The Hall–Kier alpha value is 1.53. The van der Waals surface area contributed by atoms with Crippen molar-refractivity contribution in [1.29, 1.82) is 0 Å². The van der Waals surface area contributed by atoms with Gasteiger partial charge in [-0.15, -0.1) is 0 Å². The maximum absolute atomic E-state index is 5.64. The fourth-order valence-electron chi connectivity index (χ4n) is 0.540. The average molecular weight is 344 g/mol. The predicted octanol–water partition coefficient (Wildman–Crippen LogP) is 4.49. The molecule has 0 spiro atoms. The number of hydrogen-bond donors (Lipinski definition) is 0. The molecule has 12 heavy (non-hydrogen) atoms. The summed E-state index contributed by atoms with van der Waals surface area (Å²) >= 11 is 17.7. The Kier molecular flexibility index (Phi) is 8.89. The lowest BCUT2D eigenvalue weighted by Crippen LogP contribution is -1.70. The quantitative estimate of drug-likeness (QED) is 0.609. The Balaban J connectivity index is 0.000000354. The average Bonchev–Trinajstić information content (AvgIpc) is 1.99. The van der Waals surface area contributed by atoms with Gasteiger partial charge in [0.05, 0.1) is 10.0 Å². The Labute approximate surface area is 104 Å². The number of benzene rings is 1. The molecule has 0 bridgehead atoms. The van der Waals surface area contributed by atoms with Crippen molar-refractivity contribution in [3.05, 3.63) is 40.7 Å². The van der Waals surface area contributed by atoms with Gasteiger partial charge in [-0.25, -0.2) is 0 Å². The van der Waals surface area contributed by atoms with Gasteiger partial charge in [0.1, 0.15) is 0 Å². The second kappa shape index (κ2) is 7.89. The predicted molar refractivity (Wildman–Crippen MR) is 64.5 cm³/mol. The van der Waals surface area contributed by atoms with E-state index >= 15 is 0 Å². The molecule has 0 amide bonds. The summed E-state index contributed by atoms with van der Waals surface area (Å²) in [5, 5.41) is 1.13. The van der Waals surface area contributed by atoms with Crippen molar-refractivity contribution < 1.29 is 0 Å². The molecular formula is C7H5Br2Cl2Mg. The van der Waals surface area contributed by atoms with E-state index in [4.69, 9.17) is 23.2 Å². The third kappa shape index (κ3) is 6.05. The first kappa shape index (κ1) is 13.5. The van der Waals surface area contributed by atoms with Gasteiger partial charge in [-0.05, 0) is 24.6 Å². The molecule has 0 heterocycles. The van der Waals surface area contributed by atoms with Crippen LogP contribution in [-0.4, -0.2) is 16.0 Å². The fraction of sp³-hybridized carbons (Fsp3) is 0. The monoisotopic (exact) mass is 341 g/mol. The summed E-state index contributed by atoms with van der Waals surface area (Å²) in [5.41, 5.74) is 0.879. The summed E-state index contributed by atoms with van der Waals surface area (Å²) in [6.45, 7) is 3.68. The second-order valence-corrected chi connectivity index (χ2v) is 10.7. The van der Waals surface area contributed by atoms with Crippen LogP contribution in [0.1, 0.15) is 5.56 Å². The zero-order valence-corrected chi connectivity index (χ0v) is 12.3. The summed E-state index contributed by atoms with van der Waals surface area (Å²) < 4.78 is 0. The second-order valence-electron chi connectivity index (χ2n) is 1.85. The van der Waals surface area contributed by atoms with Gasteiger partial charge in [-0.1, -0.05) is 29.3 Å². The van der Waals surface area contributed by atoms with E-state index in [2.05, 4.69) is 32.7 Å². The van der Waals surface area contributed by atoms with E-state index in [0.717, 1.165) is 5.56 Å². The third-order valence-corrected chi connectivity index (χ3v) is 1.72. The Morgan fingerprint density at radius 3 is 2.00 bits per heavy atom. The molecule has 0 saturated carbocycles. The Bertz CT molecular complexity index is 243. The van der Waals surface area contributed by atoms with Gasteiger partial charge in [-0.2, -0.15) is 0 Å². The normalized spacial score (nSPS) is 8.08. The molecule has 0 N–H and O–H groups in total. The van der Waals surface area contributed by atoms with Crippen molar-refractivity contribution in [1.82, 2.24) is 0 Å². The highest BCUT2D eigenvalue weighted by Gasteiger charge is 1.93. The minimum Gasteiger partial charge on any atom is -0.280 e. The zero-order valence-electron chi connectivity index (χ0n) is 6.16. The van der Waals surface area contributed by atoms with Gasteiger partial charge in [0, 0.05) is 0 Å². The van der Waals surface area contributed by atoms with Crippen LogP contribution >= 0.6 is 49.0 Å². The summed E-state index contributed by atoms with van der Waals surface area (Å²) in [4.78, 5) is 0. The molecule has 0 nitrogen and oxygen atoms in total. The molecule has 1 aromatic carbocycles. The molecule has 0 aromatic heterocycles. The molecule has 0 unspecified atom stereocenters. The van der Waals surface area contributed by atoms with Gasteiger partial charge in [0.2, 0.25) is 0 Å². The molecule has 0 atom stereocenters. The molecule has 0 fully saturated rings. The zero-order chi connectivity index (χ0) is 9.56. The Morgan fingerprint density at radius 2 is 1.67 bits per heavy atom. The van der Waals surface area contributed by atoms with E-state index in [0.29, 0.717) is 10.0 Å². The SMILES string of the molecule is [Br][Mg][Br].[CH2]c1ccc(Cl)c(Cl)c1. The van der Waals surface area contributed by atoms with Crippen molar-refractivity contribution in [2.45, 2.75) is 0 Å². The van der Waals surface area contributed by atoms with Crippen LogP contribution in [0.3, 0.4) is 0 Å². The number of halogens is 4. The molecule has 0 aliphatic carbocycles. The van der Waals surface area contributed by atoms with Gasteiger partial charge < -0.3 is 0 Å². The molecule has 1 aromatic rings. The van der Waals surface area contributed by atoms with E-state index in [1.807, 2.05) is 6.07 Å². The van der Waals surface area contributed by atoms with Crippen LogP contribution in [-0.2, 0) is 0 Å². The van der Waals surface area contributed by atoms with Crippen molar-refractivity contribution in [3.63, 3.8) is 0 Å². The summed E-state index contributed by atoms with van der Waals surface area (Å²) in [6, 6.07) is 5.27. The molecule has 0 saturated heterocycles. The molecular weight excluding hydrogens is 339 g/mol. The van der Waals surface area contributed by atoms with Crippen LogP contribution in [0.15, 0.2) is 18.2 Å². The minimum atomic E-state index is 0.0417. The van der Waals surface area contributed by atoms with Crippen molar-refractivity contribution >= 4 is 65.0 Å². The van der Waals surface area contributed by atoms with Crippen molar-refractivity contribution in [3.8, 4) is 0 Å². The molecule has 1 radical (unpaired) electrons. The van der Waals surface area contributed by atoms with Crippen LogP contribution in [0.2, 0.25) is 10.0 Å². The van der Waals surface area contributed by atoms with E-state index < -0.39 is 0 Å². The van der Waals surface area contributed by atoms with Gasteiger partial charge in [-0.3, -0.25) is 25.8 Å². The largest absolute Gasteiger partial charge is 0.560 e. The lowest BCUT2D eigenvalue weighted by molar-refractivity contribution is 1.61. The van der Waals surface area contributed by atoms with Crippen molar-refractivity contribution in [2.75, 3.05) is 0 Å². The van der Waals surface area contributed by atoms with Crippen molar-refractivity contribution in [2.24, 2.45) is 0 Å². The van der Waals surface area contributed by atoms with Crippen LogP contribution in [0, 0.1) is 6.92 Å². The van der Waals surface area contributed by atoms with E-state index in [9.17, 15) is 0 Å². The smallest absolute Gasteiger partial charge is 0.280 e. The lowest BCUT2D eigenvalue weighted by atomic mass is 10.2. The summed E-state index contributed by atoms with van der Waals surface area (Å²) in [5.74, 6) is 0.